The fourth-order valence-electron chi connectivity index (χ4n) is 1.03. The summed E-state index contributed by atoms with van der Waals surface area (Å²) in [7, 11) is 0. The van der Waals surface area contributed by atoms with Crippen molar-refractivity contribution in [1.29, 1.82) is 0 Å². The minimum atomic E-state index is -0.449. The zero-order valence-corrected chi connectivity index (χ0v) is 9.19. The van der Waals surface area contributed by atoms with Crippen LogP contribution in [-0.4, -0.2) is 16.2 Å². The monoisotopic (exact) mass is 266 g/mol. The standard InChI is InChI=1S/C10H7BrN2O2/c11-7-1-3-8(4-2-7)15-10(14)9-5-6-12-13-9/h1-6H,(H,12,13). The summed E-state index contributed by atoms with van der Waals surface area (Å²) in [5, 5.41) is 6.20. The summed E-state index contributed by atoms with van der Waals surface area (Å²) in [6.45, 7) is 0. The quantitative estimate of drug-likeness (QED) is 0.671. The molecule has 5 heteroatoms. The SMILES string of the molecule is O=C(Oc1ccc(Br)cc1)c1ccn[nH]1. The largest absolute Gasteiger partial charge is 0.422 e. The molecule has 0 atom stereocenters. The molecule has 0 unspecified atom stereocenters. The first-order valence-electron chi connectivity index (χ1n) is 4.23. The van der Waals surface area contributed by atoms with Crippen LogP contribution in [0.25, 0.3) is 0 Å². The smallest absolute Gasteiger partial charge is 0.361 e. The Kier molecular flexibility index (Phi) is 2.82. The number of H-pyrrole nitrogens is 1. The van der Waals surface area contributed by atoms with Crippen molar-refractivity contribution in [2.75, 3.05) is 0 Å². The van der Waals surface area contributed by atoms with E-state index >= 15 is 0 Å². The van der Waals surface area contributed by atoms with Gasteiger partial charge < -0.3 is 4.74 Å². The number of aromatic amines is 1. The first-order chi connectivity index (χ1) is 7.25. The minimum Gasteiger partial charge on any atom is -0.422 e. The number of aromatic nitrogens is 2. The van der Waals surface area contributed by atoms with Crippen LogP contribution in [0.3, 0.4) is 0 Å². The number of halogens is 1. The Hall–Kier alpha value is -1.62. The third-order valence-electron chi connectivity index (χ3n) is 1.74. The molecular formula is C10H7BrN2O2. The average molecular weight is 267 g/mol. The van der Waals surface area contributed by atoms with E-state index in [1.54, 1.807) is 30.3 Å². The Labute approximate surface area is 94.4 Å². The van der Waals surface area contributed by atoms with Crippen molar-refractivity contribution in [2.24, 2.45) is 0 Å². The van der Waals surface area contributed by atoms with Crippen molar-refractivity contribution in [3.63, 3.8) is 0 Å². The number of carbonyl (C=O) groups excluding carboxylic acids is 1. The molecule has 0 aliphatic rings. The first kappa shape index (κ1) is 9.92. The molecule has 0 radical (unpaired) electrons. The van der Waals surface area contributed by atoms with Crippen LogP contribution in [-0.2, 0) is 0 Å². The summed E-state index contributed by atoms with van der Waals surface area (Å²) in [4.78, 5) is 11.5. The maximum Gasteiger partial charge on any atom is 0.361 e. The van der Waals surface area contributed by atoms with Crippen molar-refractivity contribution < 1.29 is 9.53 Å². The fourth-order valence-corrected chi connectivity index (χ4v) is 1.30. The van der Waals surface area contributed by atoms with E-state index in [0.29, 0.717) is 11.4 Å². The molecule has 15 heavy (non-hydrogen) atoms. The third kappa shape index (κ3) is 2.44. The molecule has 1 aromatic carbocycles. The molecule has 76 valence electrons. The number of hydrogen-bond acceptors (Lipinski definition) is 3. The van der Waals surface area contributed by atoms with Crippen molar-refractivity contribution in [2.45, 2.75) is 0 Å². The lowest BCUT2D eigenvalue weighted by Crippen LogP contribution is -2.08. The molecule has 1 heterocycles. The highest BCUT2D eigenvalue weighted by Crippen LogP contribution is 2.16. The second-order valence-electron chi connectivity index (χ2n) is 2.81. The average Bonchev–Trinajstić information content (AvgIpc) is 2.74. The molecular weight excluding hydrogens is 260 g/mol. The Balaban J connectivity index is 2.09. The Morgan fingerprint density at radius 1 is 1.27 bits per heavy atom. The molecule has 0 amide bonds. The van der Waals surface area contributed by atoms with Crippen molar-refractivity contribution in [1.82, 2.24) is 10.2 Å². The van der Waals surface area contributed by atoms with E-state index in [-0.39, 0.29) is 0 Å². The topological polar surface area (TPSA) is 55.0 Å². The van der Waals surface area contributed by atoms with E-state index in [1.165, 1.54) is 6.20 Å². The van der Waals surface area contributed by atoms with Gasteiger partial charge >= 0.3 is 5.97 Å². The van der Waals surface area contributed by atoms with Gasteiger partial charge in [-0.3, -0.25) is 5.10 Å². The normalized spacial score (nSPS) is 9.93. The number of benzene rings is 1. The second kappa shape index (κ2) is 4.27. The Bertz CT molecular complexity index is 451. The number of carbonyl (C=O) groups is 1. The first-order valence-corrected chi connectivity index (χ1v) is 5.02. The lowest BCUT2D eigenvalue weighted by molar-refractivity contribution is 0.0728. The van der Waals surface area contributed by atoms with E-state index in [4.69, 9.17) is 4.74 Å². The summed E-state index contributed by atoms with van der Waals surface area (Å²) in [5.41, 5.74) is 0.331. The highest BCUT2D eigenvalue weighted by molar-refractivity contribution is 9.10. The number of hydrogen-bond donors (Lipinski definition) is 1. The molecule has 2 aromatic rings. The maximum absolute atomic E-state index is 11.5. The lowest BCUT2D eigenvalue weighted by Gasteiger charge is -2.01. The van der Waals surface area contributed by atoms with Crippen LogP contribution >= 0.6 is 15.9 Å². The molecule has 0 saturated carbocycles. The number of rotatable bonds is 2. The van der Waals surface area contributed by atoms with Gasteiger partial charge in [0.25, 0.3) is 0 Å². The minimum absolute atomic E-state index is 0.331. The van der Waals surface area contributed by atoms with Crippen LogP contribution in [0.2, 0.25) is 0 Å². The molecule has 1 N–H and O–H groups in total. The number of esters is 1. The number of ether oxygens (including phenoxy) is 1. The summed E-state index contributed by atoms with van der Waals surface area (Å²) in [6, 6.07) is 8.57. The molecule has 1 aromatic heterocycles. The van der Waals surface area contributed by atoms with E-state index in [2.05, 4.69) is 26.1 Å². The highest BCUT2D eigenvalue weighted by Gasteiger charge is 2.08. The zero-order valence-electron chi connectivity index (χ0n) is 7.61. The highest BCUT2D eigenvalue weighted by atomic mass is 79.9. The van der Waals surface area contributed by atoms with E-state index in [9.17, 15) is 4.79 Å². The van der Waals surface area contributed by atoms with Gasteiger partial charge in [0.15, 0.2) is 0 Å². The molecule has 0 spiro atoms. The van der Waals surface area contributed by atoms with Gasteiger partial charge in [-0.25, -0.2) is 4.79 Å². The summed E-state index contributed by atoms with van der Waals surface area (Å²) in [5.74, 6) is 0.0487. The van der Waals surface area contributed by atoms with Gasteiger partial charge in [0.2, 0.25) is 0 Å². The van der Waals surface area contributed by atoms with Crippen LogP contribution in [0.5, 0.6) is 5.75 Å². The van der Waals surface area contributed by atoms with E-state index in [1.807, 2.05) is 0 Å². The lowest BCUT2D eigenvalue weighted by atomic mass is 10.3. The molecule has 0 aliphatic carbocycles. The molecule has 0 bridgehead atoms. The zero-order chi connectivity index (χ0) is 10.7. The maximum atomic E-state index is 11.5. The molecule has 0 fully saturated rings. The Morgan fingerprint density at radius 3 is 2.60 bits per heavy atom. The van der Waals surface area contributed by atoms with Gasteiger partial charge in [-0.05, 0) is 30.3 Å². The van der Waals surface area contributed by atoms with Crippen LogP contribution in [0, 0.1) is 0 Å². The predicted molar refractivity (Wildman–Crippen MR) is 57.7 cm³/mol. The van der Waals surface area contributed by atoms with Gasteiger partial charge in [-0.1, -0.05) is 15.9 Å². The Morgan fingerprint density at radius 2 is 2.00 bits per heavy atom. The summed E-state index contributed by atoms with van der Waals surface area (Å²) >= 11 is 3.29. The fraction of sp³-hybridized carbons (Fsp3) is 0. The van der Waals surface area contributed by atoms with Crippen molar-refractivity contribution in [3.05, 3.63) is 46.7 Å². The molecule has 4 nitrogen and oxygen atoms in total. The van der Waals surface area contributed by atoms with Crippen LogP contribution in [0.15, 0.2) is 41.0 Å². The van der Waals surface area contributed by atoms with E-state index in [0.717, 1.165) is 4.47 Å². The molecule has 0 aliphatic heterocycles. The second-order valence-corrected chi connectivity index (χ2v) is 3.73. The van der Waals surface area contributed by atoms with E-state index < -0.39 is 5.97 Å². The number of nitrogens with zero attached hydrogens (tertiary/aromatic N) is 1. The van der Waals surface area contributed by atoms with Crippen molar-refractivity contribution in [3.8, 4) is 5.75 Å². The van der Waals surface area contributed by atoms with Gasteiger partial charge in [0.05, 0.1) is 0 Å². The predicted octanol–water partition coefficient (Wildman–Crippen LogP) is 2.39. The van der Waals surface area contributed by atoms with Gasteiger partial charge in [0, 0.05) is 10.7 Å². The van der Waals surface area contributed by atoms with Gasteiger partial charge in [-0.15, -0.1) is 0 Å². The van der Waals surface area contributed by atoms with Gasteiger partial charge in [0.1, 0.15) is 11.4 Å². The van der Waals surface area contributed by atoms with Crippen LogP contribution < -0.4 is 4.74 Å². The van der Waals surface area contributed by atoms with Crippen molar-refractivity contribution >= 4 is 21.9 Å². The summed E-state index contributed by atoms with van der Waals surface area (Å²) < 4.78 is 6.02. The summed E-state index contributed by atoms with van der Waals surface area (Å²) in [6.07, 6.45) is 1.50. The third-order valence-corrected chi connectivity index (χ3v) is 2.27. The van der Waals surface area contributed by atoms with Gasteiger partial charge in [-0.2, -0.15) is 5.10 Å². The molecule has 2 rings (SSSR count). The number of nitrogens with one attached hydrogen (secondary N) is 1. The van der Waals surface area contributed by atoms with Crippen LogP contribution in [0.1, 0.15) is 10.5 Å². The van der Waals surface area contributed by atoms with Crippen LogP contribution in [0.4, 0.5) is 0 Å². The molecule has 0 saturated heterocycles.